The monoisotopic (exact) mass is 307 g/mol. The summed E-state index contributed by atoms with van der Waals surface area (Å²) in [6, 6.07) is 4.98. The standard InChI is InChI=1S/C15H22BNO5/c1-14(2)15(3,4)22-16(21-14)11-6-7-12(18)10(8-11)9-17(5)13(19)20/h6-8,18H,9H2,1-5H3,(H,19,20). The molecule has 1 aliphatic rings. The zero-order chi connectivity index (χ0) is 16.7. The molecular formula is C15H22BNO5. The molecule has 0 bridgehead atoms. The number of hydrogen-bond donors (Lipinski definition) is 2. The fourth-order valence-corrected chi connectivity index (χ4v) is 2.18. The topological polar surface area (TPSA) is 79.2 Å². The summed E-state index contributed by atoms with van der Waals surface area (Å²) in [5, 5.41) is 18.9. The number of hydrogen-bond acceptors (Lipinski definition) is 4. The van der Waals surface area contributed by atoms with Gasteiger partial charge in [-0.15, -0.1) is 0 Å². The highest BCUT2D eigenvalue weighted by molar-refractivity contribution is 6.62. The van der Waals surface area contributed by atoms with Crippen molar-refractivity contribution < 1.29 is 24.3 Å². The second-order valence-electron chi connectivity index (χ2n) is 6.62. The summed E-state index contributed by atoms with van der Waals surface area (Å²) >= 11 is 0. The first kappa shape index (κ1) is 16.6. The molecule has 2 N–H and O–H groups in total. The smallest absolute Gasteiger partial charge is 0.494 e. The van der Waals surface area contributed by atoms with Crippen LogP contribution in [0.2, 0.25) is 0 Å². The minimum absolute atomic E-state index is 0.0494. The van der Waals surface area contributed by atoms with Crippen LogP contribution in [0.3, 0.4) is 0 Å². The van der Waals surface area contributed by atoms with E-state index in [1.54, 1.807) is 12.1 Å². The third-order valence-corrected chi connectivity index (χ3v) is 4.36. The Morgan fingerprint density at radius 1 is 1.23 bits per heavy atom. The van der Waals surface area contributed by atoms with E-state index in [0.717, 1.165) is 10.4 Å². The van der Waals surface area contributed by atoms with Crippen LogP contribution in [0, 0.1) is 0 Å². The number of rotatable bonds is 3. The lowest BCUT2D eigenvalue weighted by molar-refractivity contribution is 0.00578. The lowest BCUT2D eigenvalue weighted by Gasteiger charge is -2.32. The Kier molecular flexibility index (Phi) is 4.15. The fraction of sp³-hybridized carbons (Fsp3) is 0.533. The van der Waals surface area contributed by atoms with Crippen LogP contribution in [0.15, 0.2) is 18.2 Å². The largest absolute Gasteiger partial charge is 0.508 e. The third kappa shape index (κ3) is 3.05. The third-order valence-electron chi connectivity index (χ3n) is 4.36. The van der Waals surface area contributed by atoms with Gasteiger partial charge in [0, 0.05) is 12.6 Å². The molecule has 0 unspecified atom stereocenters. The van der Waals surface area contributed by atoms with E-state index in [2.05, 4.69) is 0 Å². The van der Waals surface area contributed by atoms with E-state index >= 15 is 0 Å². The first-order valence-corrected chi connectivity index (χ1v) is 7.15. The van der Waals surface area contributed by atoms with E-state index in [0.29, 0.717) is 5.56 Å². The zero-order valence-electron chi connectivity index (χ0n) is 13.6. The van der Waals surface area contributed by atoms with Crippen LogP contribution >= 0.6 is 0 Å². The fourth-order valence-electron chi connectivity index (χ4n) is 2.18. The lowest BCUT2D eigenvalue weighted by Crippen LogP contribution is -2.41. The molecule has 0 aliphatic carbocycles. The Balaban J connectivity index is 2.25. The zero-order valence-corrected chi connectivity index (χ0v) is 13.6. The average molecular weight is 307 g/mol. The number of carboxylic acid groups (broad SMARTS) is 1. The highest BCUT2D eigenvalue weighted by atomic mass is 16.7. The van der Waals surface area contributed by atoms with Crippen molar-refractivity contribution in [3.05, 3.63) is 23.8 Å². The van der Waals surface area contributed by atoms with Gasteiger partial charge in [0.1, 0.15) is 5.75 Å². The number of nitrogens with zero attached hydrogens (tertiary/aromatic N) is 1. The van der Waals surface area contributed by atoms with Crippen LogP contribution in [0.25, 0.3) is 0 Å². The van der Waals surface area contributed by atoms with Crippen molar-refractivity contribution in [1.29, 1.82) is 0 Å². The van der Waals surface area contributed by atoms with Crippen LogP contribution < -0.4 is 5.46 Å². The van der Waals surface area contributed by atoms with Crippen LogP contribution in [0.1, 0.15) is 33.3 Å². The van der Waals surface area contributed by atoms with Gasteiger partial charge in [-0.05, 0) is 39.2 Å². The summed E-state index contributed by atoms with van der Waals surface area (Å²) < 4.78 is 11.9. The van der Waals surface area contributed by atoms with Crippen molar-refractivity contribution in [2.24, 2.45) is 0 Å². The van der Waals surface area contributed by atoms with Gasteiger partial charge in [0.25, 0.3) is 0 Å². The second-order valence-corrected chi connectivity index (χ2v) is 6.62. The van der Waals surface area contributed by atoms with Crippen LogP contribution in [-0.2, 0) is 15.9 Å². The maximum absolute atomic E-state index is 10.9. The molecule has 0 aromatic heterocycles. The molecule has 1 fully saturated rings. The minimum atomic E-state index is -1.06. The summed E-state index contributed by atoms with van der Waals surface area (Å²) in [5.74, 6) is 0.0494. The van der Waals surface area contributed by atoms with E-state index in [1.807, 2.05) is 27.7 Å². The van der Waals surface area contributed by atoms with Crippen molar-refractivity contribution in [3.8, 4) is 5.75 Å². The van der Waals surface area contributed by atoms with E-state index in [-0.39, 0.29) is 12.3 Å². The predicted molar refractivity (Wildman–Crippen MR) is 83.3 cm³/mol. The summed E-state index contributed by atoms with van der Waals surface area (Å²) in [4.78, 5) is 12.0. The number of aromatic hydroxyl groups is 1. The highest BCUT2D eigenvalue weighted by Crippen LogP contribution is 2.36. The van der Waals surface area contributed by atoms with Crippen LogP contribution in [0.5, 0.6) is 5.75 Å². The molecule has 1 heterocycles. The Bertz CT molecular complexity index is 571. The Hall–Kier alpha value is -1.73. The number of benzene rings is 1. The van der Waals surface area contributed by atoms with Crippen molar-refractivity contribution >= 4 is 18.7 Å². The molecule has 6 nitrogen and oxygen atoms in total. The molecule has 7 heteroatoms. The Labute approximate surface area is 130 Å². The van der Waals surface area contributed by atoms with Gasteiger partial charge in [-0.2, -0.15) is 0 Å². The first-order chi connectivity index (χ1) is 10.0. The van der Waals surface area contributed by atoms with Gasteiger partial charge >= 0.3 is 13.2 Å². The first-order valence-electron chi connectivity index (χ1n) is 7.15. The quantitative estimate of drug-likeness (QED) is 0.833. The highest BCUT2D eigenvalue weighted by Gasteiger charge is 2.51. The lowest BCUT2D eigenvalue weighted by atomic mass is 9.78. The SMILES string of the molecule is CN(Cc1cc(B2OC(C)(C)C(C)(C)O2)ccc1O)C(=O)O. The number of carbonyl (C=O) groups is 1. The summed E-state index contributed by atoms with van der Waals surface area (Å²) in [7, 11) is 0.906. The van der Waals surface area contributed by atoms with Gasteiger partial charge in [-0.1, -0.05) is 12.1 Å². The van der Waals surface area contributed by atoms with E-state index in [1.165, 1.54) is 13.1 Å². The van der Waals surface area contributed by atoms with Crippen molar-refractivity contribution in [2.45, 2.75) is 45.4 Å². The van der Waals surface area contributed by atoms with E-state index in [9.17, 15) is 9.90 Å². The number of amides is 1. The summed E-state index contributed by atoms with van der Waals surface area (Å²) in [6.45, 7) is 7.95. The van der Waals surface area contributed by atoms with Crippen molar-refractivity contribution in [2.75, 3.05) is 7.05 Å². The van der Waals surface area contributed by atoms with Gasteiger partial charge in [0.2, 0.25) is 0 Å². The molecule has 0 saturated carbocycles. The van der Waals surface area contributed by atoms with Gasteiger partial charge < -0.3 is 24.4 Å². The molecule has 22 heavy (non-hydrogen) atoms. The Morgan fingerprint density at radius 2 is 1.77 bits per heavy atom. The van der Waals surface area contributed by atoms with Crippen LogP contribution in [0.4, 0.5) is 4.79 Å². The Morgan fingerprint density at radius 3 is 2.27 bits per heavy atom. The maximum Gasteiger partial charge on any atom is 0.494 e. The molecule has 1 aromatic rings. The molecular weight excluding hydrogens is 285 g/mol. The van der Waals surface area contributed by atoms with Crippen molar-refractivity contribution in [3.63, 3.8) is 0 Å². The molecule has 1 amide bonds. The molecule has 1 aliphatic heterocycles. The predicted octanol–water partition coefficient (Wildman–Crippen LogP) is 1.80. The number of phenols is 1. The molecule has 0 spiro atoms. The molecule has 120 valence electrons. The number of phenolic OH excluding ortho intramolecular Hbond substituents is 1. The molecule has 0 atom stereocenters. The summed E-state index contributed by atoms with van der Waals surface area (Å²) in [6.07, 6.45) is -1.06. The summed E-state index contributed by atoms with van der Waals surface area (Å²) in [5.41, 5.74) is 0.364. The second kappa shape index (κ2) is 5.48. The van der Waals surface area contributed by atoms with Gasteiger partial charge in [-0.3, -0.25) is 0 Å². The molecule has 1 saturated heterocycles. The van der Waals surface area contributed by atoms with Gasteiger partial charge in [0.15, 0.2) is 0 Å². The van der Waals surface area contributed by atoms with Gasteiger partial charge in [-0.25, -0.2) is 4.79 Å². The minimum Gasteiger partial charge on any atom is -0.508 e. The van der Waals surface area contributed by atoms with E-state index < -0.39 is 24.4 Å². The van der Waals surface area contributed by atoms with E-state index in [4.69, 9.17) is 14.4 Å². The molecule has 2 rings (SSSR count). The van der Waals surface area contributed by atoms with Gasteiger partial charge in [0.05, 0.1) is 17.7 Å². The normalized spacial score (nSPS) is 19.2. The molecule has 1 aromatic carbocycles. The maximum atomic E-state index is 10.9. The average Bonchev–Trinajstić information content (AvgIpc) is 2.60. The molecule has 0 radical (unpaired) electrons. The van der Waals surface area contributed by atoms with Crippen LogP contribution in [-0.4, -0.2) is 46.6 Å². The van der Waals surface area contributed by atoms with Crippen molar-refractivity contribution in [1.82, 2.24) is 4.90 Å².